The standard InChI is InChI=1S/C24H27NO4/c1-27-23-12-20-18-10-15-4-3-7-25(15)14-22(18)17-6-5-16(29-9-8-26)11-19(17)21(20)13-24(23)28-2/h5-6,11-13,15,26H,3-4,7-10,14H2,1-2H3/t15-/m0/s1. The summed E-state index contributed by atoms with van der Waals surface area (Å²) >= 11 is 0. The molecule has 0 amide bonds. The van der Waals surface area contributed by atoms with Crippen LogP contribution in [0.5, 0.6) is 17.2 Å². The average molecular weight is 393 g/mol. The van der Waals surface area contributed by atoms with Crippen molar-refractivity contribution in [1.29, 1.82) is 0 Å². The van der Waals surface area contributed by atoms with Gasteiger partial charge in [0.15, 0.2) is 11.5 Å². The fourth-order valence-corrected chi connectivity index (χ4v) is 5.13. The van der Waals surface area contributed by atoms with Gasteiger partial charge in [0.05, 0.1) is 20.8 Å². The molecule has 3 aromatic carbocycles. The zero-order valence-corrected chi connectivity index (χ0v) is 17.0. The molecule has 0 saturated carbocycles. The fraction of sp³-hybridized carbons (Fsp3) is 0.417. The van der Waals surface area contributed by atoms with Crippen LogP contribution in [0, 0.1) is 0 Å². The molecule has 3 aromatic rings. The Kier molecular flexibility index (Phi) is 4.72. The molecule has 1 atom stereocenters. The Hall–Kier alpha value is -2.50. The summed E-state index contributed by atoms with van der Waals surface area (Å²) in [7, 11) is 3.37. The number of methoxy groups -OCH3 is 2. The molecule has 152 valence electrons. The Bertz CT molecular complexity index is 1080. The van der Waals surface area contributed by atoms with E-state index in [4.69, 9.17) is 19.3 Å². The molecule has 5 rings (SSSR count). The summed E-state index contributed by atoms with van der Waals surface area (Å²) in [5.41, 5.74) is 2.87. The van der Waals surface area contributed by atoms with Crippen molar-refractivity contribution in [1.82, 2.24) is 4.90 Å². The monoisotopic (exact) mass is 393 g/mol. The van der Waals surface area contributed by atoms with E-state index in [9.17, 15) is 0 Å². The lowest BCUT2D eigenvalue weighted by atomic mass is 9.85. The second kappa shape index (κ2) is 7.39. The van der Waals surface area contributed by atoms with E-state index in [1.807, 2.05) is 6.07 Å². The van der Waals surface area contributed by atoms with Crippen LogP contribution in [0.4, 0.5) is 0 Å². The third-order valence-electron chi connectivity index (χ3n) is 6.48. The summed E-state index contributed by atoms with van der Waals surface area (Å²) in [4.78, 5) is 2.63. The van der Waals surface area contributed by atoms with Gasteiger partial charge in [-0.2, -0.15) is 0 Å². The zero-order chi connectivity index (χ0) is 20.0. The first-order chi connectivity index (χ1) is 14.2. The fourth-order valence-electron chi connectivity index (χ4n) is 5.13. The zero-order valence-electron chi connectivity index (χ0n) is 17.0. The minimum atomic E-state index is 0.00431. The highest BCUT2D eigenvalue weighted by atomic mass is 16.5. The Balaban J connectivity index is 1.80. The smallest absolute Gasteiger partial charge is 0.161 e. The third kappa shape index (κ3) is 3.00. The molecule has 0 radical (unpaired) electrons. The van der Waals surface area contributed by atoms with E-state index in [1.165, 1.54) is 41.3 Å². The molecule has 5 nitrogen and oxygen atoms in total. The maximum absolute atomic E-state index is 9.12. The van der Waals surface area contributed by atoms with Crippen LogP contribution >= 0.6 is 0 Å². The highest BCUT2D eigenvalue weighted by Gasteiger charge is 2.32. The van der Waals surface area contributed by atoms with Crippen LogP contribution in [0.1, 0.15) is 24.0 Å². The number of ether oxygens (including phenoxy) is 3. The SMILES string of the molecule is COc1cc2c3c(c4ccc(OCCO)cc4c2cc1OC)CN1CCC[C@H]1C3. The van der Waals surface area contributed by atoms with Crippen molar-refractivity contribution in [3.63, 3.8) is 0 Å². The molecule has 1 N–H and O–H groups in total. The second-order valence-corrected chi connectivity index (χ2v) is 7.96. The number of aliphatic hydroxyl groups excluding tert-OH is 1. The van der Waals surface area contributed by atoms with E-state index in [0.717, 1.165) is 41.0 Å². The Labute approximate surface area is 170 Å². The van der Waals surface area contributed by atoms with Gasteiger partial charge in [0.25, 0.3) is 0 Å². The van der Waals surface area contributed by atoms with Crippen LogP contribution in [-0.4, -0.2) is 50.0 Å². The van der Waals surface area contributed by atoms with Gasteiger partial charge in [-0.25, -0.2) is 0 Å². The topological polar surface area (TPSA) is 51.2 Å². The summed E-state index contributed by atoms with van der Waals surface area (Å²) in [5.74, 6) is 2.28. The van der Waals surface area contributed by atoms with Gasteiger partial charge in [-0.05, 0) is 82.7 Å². The van der Waals surface area contributed by atoms with Gasteiger partial charge in [-0.3, -0.25) is 4.90 Å². The van der Waals surface area contributed by atoms with E-state index in [2.05, 4.69) is 29.2 Å². The van der Waals surface area contributed by atoms with Crippen molar-refractivity contribution in [3.8, 4) is 17.2 Å². The quantitative estimate of drug-likeness (QED) is 0.667. The van der Waals surface area contributed by atoms with Crippen LogP contribution in [0.3, 0.4) is 0 Å². The van der Waals surface area contributed by atoms with Gasteiger partial charge in [0.1, 0.15) is 12.4 Å². The Morgan fingerprint density at radius 1 is 0.966 bits per heavy atom. The van der Waals surface area contributed by atoms with Gasteiger partial charge in [0.2, 0.25) is 0 Å². The lowest BCUT2D eigenvalue weighted by Crippen LogP contribution is -2.35. The van der Waals surface area contributed by atoms with Crippen molar-refractivity contribution >= 4 is 21.5 Å². The normalized spacial score (nSPS) is 18.7. The maximum Gasteiger partial charge on any atom is 0.161 e. The minimum absolute atomic E-state index is 0.00431. The molecular weight excluding hydrogens is 366 g/mol. The van der Waals surface area contributed by atoms with Gasteiger partial charge in [-0.1, -0.05) is 6.07 Å². The highest BCUT2D eigenvalue weighted by Crippen LogP contribution is 2.44. The Morgan fingerprint density at radius 3 is 2.48 bits per heavy atom. The number of nitrogens with zero attached hydrogens (tertiary/aromatic N) is 1. The van der Waals surface area contributed by atoms with Crippen LogP contribution in [0.25, 0.3) is 21.5 Å². The average Bonchev–Trinajstić information content (AvgIpc) is 3.23. The molecule has 29 heavy (non-hydrogen) atoms. The van der Waals surface area contributed by atoms with Crippen LogP contribution in [0.15, 0.2) is 30.3 Å². The number of hydrogen-bond donors (Lipinski definition) is 1. The molecule has 2 heterocycles. The van der Waals surface area contributed by atoms with E-state index in [1.54, 1.807) is 14.2 Å². The van der Waals surface area contributed by atoms with Gasteiger partial charge in [-0.15, -0.1) is 0 Å². The second-order valence-electron chi connectivity index (χ2n) is 7.96. The summed E-state index contributed by atoms with van der Waals surface area (Å²) in [6.45, 7) is 2.48. The van der Waals surface area contributed by atoms with Crippen LogP contribution in [-0.2, 0) is 13.0 Å². The molecule has 2 aliphatic heterocycles. The van der Waals surface area contributed by atoms with Crippen molar-refractivity contribution in [2.45, 2.75) is 31.8 Å². The lowest BCUT2D eigenvalue weighted by Gasteiger charge is -2.33. The first-order valence-electron chi connectivity index (χ1n) is 10.3. The first kappa shape index (κ1) is 18.5. The maximum atomic E-state index is 9.12. The number of aliphatic hydroxyl groups is 1. The molecule has 0 aliphatic carbocycles. The van der Waals surface area contributed by atoms with Crippen molar-refractivity contribution in [2.75, 3.05) is 34.0 Å². The molecule has 1 fully saturated rings. The molecule has 0 unspecified atom stereocenters. The minimum Gasteiger partial charge on any atom is -0.493 e. The molecule has 1 saturated heterocycles. The molecule has 0 spiro atoms. The van der Waals surface area contributed by atoms with E-state index >= 15 is 0 Å². The number of hydrogen-bond acceptors (Lipinski definition) is 5. The molecule has 0 aromatic heterocycles. The summed E-state index contributed by atoms with van der Waals surface area (Å²) in [6.07, 6.45) is 3.64. The number of benzene rings is 3. The van der Waals surface area contributed by atoms with Crippen molar-refractivity contribution in [2.24, 2.45) is 0 Å². The predicted octanol–water partition coefficient (Wildman–Crippen LogP) is 3.90. The Morgan fingerprint density at radius 2 is 1.72 bits per heavy atom. The van der Waals surface area contributed by atoms with E-state index in [-0.39, 0.29) is 6.61 Å². The van der Waals surface area contributed by atoms with Gasteiger partial charge < -0.3 is 19.3 Å². The van der Waals surface area contributed by atoms with E-state index < -0.39 is 0 Å². The summed E-state index contributed by atoms with van der Waals surface area (Å²) < 4.78 is 16.9. The first-order valence-corrected chi connectivity index (χ1v) is 10.3. The molecule has 2 aliphatic rings. The summed E-state index contributed by atoms with van der Waals surface area (Å²) in [6, 6.07) is 11.2. The van der Waals surface area contributed by atoms with Crippen LogP contribution in [0.2, 0.25) is 0 Å². The third-order valence-corrected chi connectivity index (χ3v) is 6.48. The predicted molar refractivity (Wildman–Crippen MR) is 114 cm³/mol. The van der Waals surface area contributed by atoms with Crippen molar-refractivity contribution < 1.29 is 19.3 Å². The van der Waals surface area contributed by atoms with Crippen LogP contribution < -0.4 is 14.2 Å². The number of rotatable bonds is 5. The van der Waals surface area contributed by atoms with E-state index in [0.29, 0.717) is 12.6 Å². The van der Waals surface area contributed by atoms with Gasteiger partial charge >= 0.3 is 0 Å². The lowest BCUT2D eigenvalue weighted by molar-refractivity contribution is 0.201. The molecular formula is C24H27NO4. The number of fused-ring (bicyclic) bond motifs is 7. The van der Waals surface area contributed by atoms with Crippen molar-refractivity contribution in [3.05, 3.63) is 41.5 Å². The highest BCUT2D eigenvalue weighted by molar-refractivity contribution is 6.12. The summed E-state index contributed by atoms with van der Waals surface area (Å²) in [5, 5.41) is 14.0. The molecule has 5 heteroatoms. The largest absolute Gasteiger partial charge is 0.493 e. The molecule has 0 bridgehead atoms. The van der Waals surface area contributed by atoms with Gasteiger partial charge in [0, 0.05) is 12.6 Å².